The van der Waals surface area contributed by atoms with E-state index in [2.05, 4.69) is 0 Å². The Hall–Kier alpha value is -2.97. The van der Waals surface area contributed by atoms with Gasteiger partial charge in [-0.3, -0.25) is 19.7 Å². The maximum absolute atomic E-state index is 12.1. The fraction of sp³-hybridized carbons (Fsp3) is 0.263. The van der Waals surface area contributed by atoms with Gasteiger partial charge in [-0.05, 0) is 24.3 Å². The number of Topliss-reactive ketones (excluding diaryl/α,β-unsaturated/α-hetero) is 1. The normalized spacial score (nSPS) is 12.6. The van der Waals surface area contributed by atoms with Crippen LogP contribution in [0.3, 0.4) is 0 Å². The molecular formula is C19H16ClNO7. The molecule has 0 atom stereocenters. The lowest BCUT2D eigenvalue weighted by atomic mass is 10.1. The van der Waals surface area contributed by atoms with Crippen LogP contribution in [-0.2, 0) is 27.5 Å². The van der Waals surface area contributed by atoms with Crippen molar-refractivity contribution in [2.45, 2.75) is 26.1 Å². The van der Waals surface area contributed by atoms with E-state index in [1.54, 1.807) is 24.3 Å². The molecule has 1 aliphatic heterocycles. The van der Waals surface area contributed by atoms with Crippen molar-refractivity contribution in [2.75, 3.05) is 6.79 Å². The summed E-state index contributed by atoms with van der Waals surface area (Å²) in [6.07, 6.45) is -0.125. The molecule has 2 aromatic carbocycles. The maximum atomic E-state index is 12.1. The van der Waals surface area contributed by atoms with Crippen LogP contribution < -0.4 is 4.74 Å². The first-order valence-electron chi connectivity index (χ1n) is 8.39. The van der Waals surface area contributed by atoms with E-state index in [1.807, 2.05) is 0 Å². The van der Waals surface area contributed by atoms with Gasteiger partial charge < -0.3 is 14.2 Å². The number of halogens is 1. The molecule has 0 fully saturated rings. The number of nitrogens with zero attached hydrogens (tertiary/aromatic N) is 1. The van der Waals surface area contributed by atoms with Crippen LogP contribution in [0.2, 0.25) is 5.02 Å². The average molecular weight is 406 g/mol. The van der Waals surface area contributed by atoms with Crippen LogP contribution in [0.15, 0.2) is 36.4 Å². The summed E-state index contributed by atoms with van der Waals surface area (Å²) in [5.74, 6) is -0.377. The summed E-state index contributed by atoms with van der Waals surface area (Å²) in [5, 5.41) is 11.6. The molecule has 0 N–H and O–H groups in total. The second-order valence-corrected chi connectivity index (χ2v) is 6.49. The van der Waals surface area contributed by atoms with E-state index in [1.165, 1.54) is 12.1 Å². The van der Waals surface area contributed by atoms with E-state index in [9.17, 15) is 19.7 Å². The van der Waals surface area contributed by atoms with Crippen molar-refractivity contribution < 1.29 is 28.7 Å². The Morgan fingerprint density at radius 1 is 1.18 bits per heavy atom. The number of nitro groups is 1. The molecule has 1 heterocycles. The number of benzene rings is 2. The number of carbonyl (C=O) groups excluding carboxylic acids is 2. The SMILES string of the molecule is O=C(CCC(=O)c1ccc(Cl)cc1)OCc1cc([N+](=O)[O-])cc2c1OCOC2. The van der Waals surface area contributed by atoms with E-state index >= 15 is 0 Å². The Labute approximate surface area is 165 Å². The molecule has 0 aliphatic carbocycles. The maximum Gasteiger partial charge on any atom is 0.306 e. The van der Waals surface area contributed by atoms with Crippen molar-refractivity contribution in [3.05, 3.63) is 68.2 Å². The number of ketones is 1. The van der Waals surface area contributed by atoms with Gasteiger partial charge in [0.15, 0.2) is 12.6 Å². The van der Waals surface area contributed by atoms with E-state index < -0.39 is 10.9 Å². The molecule has 28 heavy (non-hydrogen) atoms. The molecule has 0 saturated heterocycles. The summed E-state index contributed by atoms with van der Waals surface area (Å²) in [7, 11) is 0. The van der Waals surface area contributed by atoms with Gasteiger partial charge in [-0.2, -0.15) is 0 Å². The molecule has 0 bridgehead atoms. The number of hydrogen-bond donors (Lipinski definition) is 0. The Bertz CT molecular complexity index is 911. The fourth-order valence-corrected chi connectivity index (χ4v) is 2.85. The van der Waals surface area contributed by atoms with Crippen LogP contribution in [0.25, 0.3) is 0 Å². The quantitative estimate of drug-likeness (QED) is 0.298. The molecule has 0 amide bonds. The second kappa shape index (κ2) is 8.81. The monoisotopic (exact) mass is 405 g/mol. The number of esters is 1. The largest absolute Gasteiger partial charge is 0.467 e. The van der Waals surface area contributed by atoms with Crippen LogP contribution in [0.1, 0.15) is 34.3 Å². The highest BCUT2D eigenvalue weighted by molar-refractivity contribution is 6.30. The van der Waals surface area contributed by atoms with Gasteiger partial charge in [0.05, 0.1) is 18.0 Å². The standard InChI is InChI=1S/C19H16ClNO7/c20-15-3-1-12(2-4-15)17(22)5-6-18(23)27-10-14-8-16(21(24)25)7-13-9-26-11-28-19(13)14/h1-4,7-8H,5-6,9-11H2. The Morgan fingerprint density at radius 3 is 2.64 bits per heavy atom. The van der Waals surface area contributed by atoms with Gasteiger partial charge in [0.25, 0.3) is 5.69 Å². The summed E-state index contributed by atoms with van der Waals surface area (Å²) >= 11 is 5.78. The Balaban J connectivity index is 1.59. The number of carbonyl (C=O) groups is 2. The average Bonchev–Trinajstić information content (AvgIpc) is 2.70. The lowest BCUT2D eigenvalue weighted by Gasteiger charge is -2.20. The smallest absolute Gasteiger partial charge is 0.306 e. The van der Waals surface area contributed by atoms with Crippen LogP contribution in [0.4, 0.5) is 5.69 Å². The summed E-state index contributed by atoms with van der Waals surface area (Å²) < 4.78 is 15.7. The zero-order chi connectivity index (χ0) is 20.1. The van der Waals surface area contributed by atoms with Crippen molar-refractivity contribution >= 4 is 29.0 Å². The summed E-state index contributed by atoms with van der Waals surface area (Å²) in [6, 6.07) is 9.04. The molecule has 0 spiro atoms. The van der Waals surface area contributed by atoms with Gasteiger partial charge in [0.2, 0.25) is 0 Å². The first-order valence-corrected chi connectivity index (χ1v) is 8.77. The van der Waals surface area contributed by atoms with E-state index in [-0.39, 0.29) is 44.3 Å². The highest BCUT2D eigenvalue weighted by Crippen LogP contribution is 2.33. The number of nitro benzene ring substituents is 1. The van der Waals surface area contributed by atoms with E-state index in [0.29, 0.717) is 27.5 Å². The van der Waals surface area contributed by atoms with Gasteiger partial charge in [-0.15, -0.1) is 0 Å². The number of fused-ring (bicyclic) bond motifs is 1. The summed E-state index contributed by atoms with van der Waals surface area (Å²) in [4.78, 5) is 34.6. The van der Waals surface area contributed by atoms with E-state index in [4.69, 9.17) is 25.8 Å². The van der Waals surface area contributed by atoms with Gasteiger partial charge in [0, 0.05) is 40.3 Å². The molecule has 1 aliphatic rings. The fourth-order valence-electron chi connectivity index (χ4n) is 2.72. The van der Waals surface area contributed by atoms with Gasteiger partial charge in [-0.25, -0.2) is 0 Å². The molecule has 0 saturated carbocycles. The van der Waals surface area contributed by atoms with Gasteiger partial charge in [0.1, 0.15) is 12.4 Å². The summed E-state index contributed by atoms with van der Waals surface area (Å²) in [5.41, 5.74) is 1.21. The summed E-state index contributed by atoms with van der Waals surface area (Å²) in [6.45, 7) is -0.00706. The number of ether oxygens (including phenoxy) is 3. The minimum Gasteiger partial charge on any atom is -0.467 e. The molecule has 146 valence electrons. The van der Waals surface area contributed by atoms with Crippen molar-refractivity contribution in [3.63, 3.8) is 0 Å². The van der Waals surface area contributed by atoms with E-state index in [0.717, 1.165) is 0 Å². The highest BCUT2D eigenvalue weighted by Gasteiger charge is 2.22. The minimum atomic E-state index is -0.588. The molecular weight excluding hydrogens is 390 g/mol. The van der Waals surface area contributed by atoms with Crippen molar-refractivity contribution in [3.8, 4) is 5.75 Å². The molecule has 9 heteroatoms. The minimum absolute atomic E-state index is 0.0152. The van der Waals surface area contributed by atoms with Crippen LogP contribution in [0.5, 0.6) is 5.75 Å². The zero-order valence-corrected chi connectivity index (χ0v) is 15.4. The zero-order valence-electron chi connectivity index (χ0n) is 14.7. The highest BCUT2D eigenvalue weighted by atomic mass is 35.5. The third kappa shape index (κ3) is 4.85. The van der Waals surface area contributed by atoms with Crippen LogP contribution in [-0.4, -0.2) is 23.5 Å². The lowest BCUT2D eigenvalue weighted by molar-refractivity contribution is -0.385. The molecule has 8 nitrogen and oxygen atoms in total. The van der Waals surface area contributed by atoms with Crippen molar-refractivity contribution in [1.82, 2.24) is 0 Å². The number of non-ortho nitro benzene ring substituents is 1. The van der Waals surface area contributed by atoms with Crippen LogP contribution in [0, 0.1) is 10.1 Å². The second-order valence-electron chi connectivity index (χ2n) is 6.05. The number of rotatable bonds is 7. The topological polar surface area (TPSA) is 105 Å². The molecule has 3 rings (SSSR count). The Kier molecular flexibility index (Phi) is 6.23. The van der Waals surface area contributed by atoms with Crippen LogP contribution >= 0.6 is 11.6 Å². The first kappa shape index (κ1) is 19.8. The third-order valence-electron chi connectivity index (χ3n) is 4.09. The molecule has 0 aromatic heterocycles. The molecule has 0 radical (unpaired) electrons. The van der Waals surface area contributed by atoms with Crippen molar-refractivity contribution in [2.24, 2.45) is 0 Å². The predicted molar refractivity (Wildman–Crippen MR) is 98.2 cm³/mol. The first-order chi connectivity index (χ1) is 13.4. The lowest BCUT2D eigenvalue weighted by Crippen LogP contribution is -2.15. The number of hydrogen-bond acceptors (Lipinski definition) is 7. The Morgan fingerprint density at radius 2 is 1.93 bits per heavy atom. The van der Waals surface area contributed by atoms with Crippen molar-refractivity contribution in [1.29, 1.82) is 0 Å². The van der Waals surface area contributed by atoms with Gasteiger partial charge >= 0.3 is 5.97 Å². The molecule has 2 aromatic rings. The third-order valence-corrected chi connectivity index (χ3v) is 4.35. The van der Waals surface area contributed by atoms with Gasteiger partial charge in [-0.1, -0.05) is 11.6 Å². The molecule has 0 unspecified atom stereocenters. The predicted octanol–water partition coefficient (Wildman–Crippen LogP) is 3.82.